The lowest BCUT2D eigenvalue weighted by molar-refractivity contribution is -0.144. The Balaban J connectivity index is 1.65. The fraction of sp³-hybridized carbons (Fsp3) is 0.286. The van der Waals surface area contributed by atoms with Gasteiger partial charge in [-0.15, -0.1) is 11.3 Å². The SMILES string of the molecule is CCCC(=O)OC1CN=C(c2cc3cccc(N(CC#N)S(=O)(=O)c4cccs4)c3[nH]2)S1. The summed E-state index contributed by atoms with van der Waals surface area (Å²) in [5.41, 5.74) is 1.31. The number of carbonyl (C=O) groups is 1. The molecule has 1 atom stereocenters. The Morgan fingerprint density at radius 2 is 2.22 bits per heavy atom. The van der Waals surface area contributed by atoms with Gasteiger partial charge in [0.25, 0.3) is 10.0 Å². The Morgan fingerprint density at radius 1 is 1.38 bits per heavy atom. The van der Waals surface area contributed by atoms with Gasteiger partial charge < -0.3 is 9.72 Å². The van der Waals surface area contributed by atoms with E-state index in [2.05, 4.69) is 9.98 Å². The van der Waals surface area contributed by atoms with Gasteiger partial charge in [-0.25, -0.2) is 12.7 Å². The van der Waals surface area contributed by atoms with Crippen LogP contribution < -0.4 is 4.31 Å². The predicted molar refractivity (Wildman–Crippen MR) is 127 cm³/mol. The summed E-state index contributed by atoms with van der Waals surface area (Å²) in [5.74, 6) is -0.244. The average molecular weight is 489 g/mol. The minimum atomic E-state index is -3.89. The van der Waals surface area contributed by atoms with Crippen molar-refractivity contribution in [1.29, 1.82) is 5.26 Å². The maximum absolute atomic E-state index is 13.2. The van der Waals surface area contributed by atoms with Gasteiger partial charge >= 0.3 is 5.97 Å². The number of aromatic nitrogens is 1. The quantitative estimate of drug-likeness (QED) is 0.377. The number of benzene rings is 1. The van der Waals surface area contributed by atoms with E-state index in [0.29, 0.717) is 34.9 Å². The molecule has 32 heavy (non-hydrogen) atoms. The van der Waals surface area contributed by atoms with Crippen LogP contribution in [0.3, 0.4) is 0 Å². The maximum Gasteiger partial charge on any atom is 0.306 e. The Morgan fingerprint density at radius 3 is 2.94 bits per heavy atom. The highest BCUT2D eigenvalue weighted by Crippen LogP contribution is 2.34. The van der Waals surface area contributed by atoms with Gasteiger partial charge in [0.2, 0.25) is 0 Å². The topological polar surface area (TPSA) is 116 Å². The maximum atomic E-state index is 13.2. The van der Waals surface area contributed by atoms with Crippen LogP contribution in [-0.4, -0.2) is 42.9 Å². The van der Waals surface area contributed by atoms with Crippen molar-refractivity contribution < 1.29 is 17.9 Å². The van der Waals surface area contributed by atoms with Gasteiger partial charge in [0.05, 0.1) is 29.5 Å². The van der Waals surface area contributed by atoms with Crippen molar-refractivity contribution in [2.45, 2.75) is 29.4 Å². The summed E-state index contributed by atoms with van der Waals surface area (Å²) in [6, 6.07) is 12.3. The van der Waals surface area contributed by atoms with E-state index in [-0.39, 0.29) is 22.2 Å². The largest absolute Gasteiger partial charge is 0.449 e. The third-order valence-corrected chi connectivity index (χ3v) is 8.94. The Bertz CT molecular complexity index is 1310. The molecule has 166 valence electrons. The summed E-state index contributed by atoms with van der Waals surface area (Å²) in [6.07, 6.45) is 1.10. The van der Waals surface area contributed by atoms with E-state index >= 15 is 0 Å². The summed E-state index contributed by atoms with van der Waals surface area (Å²) < 4.78 is 33.1. The highest BCUT2D eigenvalue weighted by Gasteiger charge is 2.29. The fourth-order valence-corrected chi connectivity index (χ4v) is 6.74. The van der Waals surface area contributed by atoms with Crippen LogP contribution in [0, 0.1) is 11.3 Å². The van der Waals surface area contributed by atoms with Crippen LogP contribution in [0.2, 0.25) is 0 Å². The molecule has 2 aromatic heterocycles. The molecule has 0 radical (unpaired) electrons. The predicted octanol–water partition coefficient (Wildman–Crippen LogP) is 4.11. The second-order valence-corrected chi connectivity index (χ2v) is 11.1. The molecule has 0 spiro atoms. The molecular formula is C21H20N4O4S3. The first kappa shape index (κ1) is 22.4. The molecule has 0 amide bonds. The van der Waals surface area contributed by atoms with Crippen LogP contribution in [0.15, 0.2) is 51.0 Å². The summed E-state index contributed by atoms with van der Waals surface area (Å²) >= 11 is 2.46. The van der Waals surface area contributed by atoms with Crippen molar-refractivity contribution in [1.82, 2.24) is 4.98 Å². The van der Waals surface area contributed by atoms with Gasteiger partial charge in [0.1, 0.15) is 15.8 Å². The number of sulfonamides is 1. The number of esters is 1. The zero-order valence-electron chi connectivity index (χ0n) is 17.1. The highest BCUT2D eigenvalue weighted by atomic mass is 32.2. The molecule has 1 unspecified atom stereocenters. The van der Waals surface area contributed by atoms with Gasteiger partial charge in [-0.05, 0) is 30.0 Å². The van der Waals surface area contributed by atoms with E-state index in [4.69, 9.17) is 4.74 Å². The standard InChI is InChI=1S/C21H20N4O4S3/c1-2-5-17(26)29-18-13-23-21(31-18)15-12-14-6-3-7-16(20(14)24-15)25(10-9-22)32(27,28)19-8-4-11-30-19/h3-4,6-8,11-12,18,24H,2,5,10,13H2,1H3. The number of nitriles is 1. The van der Waals surface area contributed by atoms with Crippen LogP contribution in [0.25, 0.3) is 10.9 Å². The second kappa shape index (κ2) is 9.36. The van der Waals surface area contributed by atoms with Crippen molar-refractivity contribution in [2.75, 3.05) is 17.4 Å². The number of thiophene rings is 1. The van der Waals surface area contributed by atoms with E-state index in [0.717, 1.165) is 27.4 Å². The molecule has 1 aromatic carbocycles. The number of ether oxygens (including phenoxy) is 1. The number of carbonyl (C=O) groups excluding carboxylic acids is 1. The molecule has 1 aliphatic rings. The smallest absolute Gasteiger partial charge is 0.306 e. The van der Waals surface area contributed by atoms with E-state index in [9.17, 15) is 18.5 Å². The number of thioether (sulfide) groups is 1. The van der Waals surface area contributed by atoms with Gasteiger partial charge in [0.15, 0.2) is 5.44 Å². The van der Waals surface area contributed by atoms with Crippen molar-refractivity contribution in [3.8, 4) is 6.07 Å². The van der Waals surface area contributed by atoms with Gasteiger partial charge in [-0.1, -0.05) is 36.9 Å². The lowest BCUT2D eigenvalue weighted by atomic mass is 10.2. The first-order valence-corrected chi connectivity index (χ1v) is 13.1. The number of aromatic amines is 1. The molecule has 4 rings (SSSR count). The summed E-state index contributed by atoms with van der Waals surface area (Å²) in [4.78, 5) is 19.5. The molecule has 11 heteroatoms. The molecule has 0 saturated heterocycles. The molecule has 1 N–H and O–H groups in total. The molecule has 0 saturated carbocycles. The van der Waals surface area contributed by atoms with Gasteiger partial charge in [-0.2, -0.15) is 5.26 Å². The fourth-order valence-electron chi connectivity index (χ4n) is 3.32. The molecule has 1 aliphatic heterocycles. The molecule has 3 aromatic rings. The zero-order chi connectivity index (χ0) is 22.7. The molecule has 8 nitrogen and oxygen atoms in total. The van der Waals surface area contributed by atoms with Crippen LogP contribution in [0.5, 0.6) is 0 Å². The second-order valence-electron chi connectivity index (χ2n) is 6.96. The Labute approximate surface area is 194 Å². The van der Waals surface area contributed by atoms with Gasteiger partial charge in [0, 0.05) is 11.8 Å². The summed E-state index contributed by atoms with van der Waals surface area (Å²) in [6.45, 7) is 1.96. The van der Waals surface area contributed by atoms with Crippen LogP contribution in [0.1, 0.15) is 25.5 Å². The zero-order valence-corrected chi connectivity index (χ0v) is 19.6. The monoisotopic (exact) mass is 488 g/mol. The number of para-hydroxylation sites is 1. The number of fused-ring (bicyclic) bond motifs is 1. The minimum absolute atomic E-state index is 0.170. The summed E-state index contributed by atoms with van der Waals surface area (Å²) in [5, 5.41) is 12.5. The molecule has 0 aliphatic carbocycles. The molecule has 0 bridgehead atoms. The van der Waals surface area contributed by atoms with E-state index in [1.807, 2.05) is 25.1 Å². The number of anilines is 1. The van der Waals surface area contributed by atoms with Crippen molar-refractivity contribution in [2.24, 2.45) is 4.99 Å². The Hall–Kier alpha value is -2.81. The third-order valence-electron chi connectivity index (χ3n) is 4.73. The number of hydrogen-bond donors (Lipinski definition) is 1. The highest BCUT2D eigenvalue weighted by molar-refractivity contribution is 8.15. The number of aliphatic imine (C=N–C) groups is 1. The van der Waals surface area contributed by atoms with Crippen molar-refractivity contribution in [3.63, 3.8) is 0 Å². The van der Waals surface area contributed by atoms with Gasteiger partial charge in [-0.3, -0.25) is 9.79 Å². The lowest BCUT2D eigenvalue weighted by Gasteiger charge is -2.21. The van der Waals surface area contributed by atoms with Crippen LogP contribution in [-0.2, 0) is 19.6 Å². The van der Waals surface area contributed by atoms with E-state index in [1.165, 1.54) is 17.8 Å². The van der Waals surface area contributed by atoms with E-state index < -0.39 is 10.0 Å². The lowest BCUT2D eigenvalue weighted by Crippen LogP contribution is -2.31. The molecule has 3 heterocycles. The average Bonchev–Trinajstić information content (AvgIpc) is 3.52. The summed E-state index contributed by atoms with van der Waals surface area (Å²) in [7, 11) is -3.89. The minimum Gasteiger partial charge on any atom is -0.449 e. The Kier molecular flexibility index (Phi) is 6.55. The first-order valence-electron chi connectivity index (χ1n) is 9.90. The van der Waals surface area contributed by atoms with E-state index in [1.54, 1.807) is 23.6 Å². The number of H-pyrrole nitrogens is 1. The first-order chi connectivity index (χ1) is 15.4. The van der Waals surface area contributed by atoms with Crippen LogP contribution >= 0.6 is 23.1 Å². The number of nitrogens with zero attached hydrogens (tertiary/aromatic N) is 3. The van der Waals surface area contributed by atoms with Crippen LogP contribution in [0.4, 0.5) is 5.69 Å². The molecular weight excluding hydrogens is 468 g/mol. The van der Waals surface area contributed by atoms with Crippen molar-refractivity contribution in [3.05, 3.63) is 47.5 Å². The number of rotatable bonds is 8. The number of hydrogen-bond acceptors (Lipinski definition) is 8. The number of nitrogens with one attached hydrogen (secondary N) is 1. The normalized spacial score (nSPS) is 16.0. The molecule has 0 fully saturated rings. The third kappa shape index (κ3) is 4.39. The van der Waals surface area contributed by atoms with Crippen molar-refractivity contribution >= 4 is 60.7 Å².